The van der Waals surface area contributed by atoms with Gasteiger partial charge in [-0.3, -0.25) is 0 Å². The average Bonchev–Trinajstić information content (AvgIpc) is 3.25. The highest BCUT2D eigenvalue weighted by Gasteiger charge is 2.23. The van der Waals surface area contributed by atoms with Gasteiger partial charge in [-0.15, -0.1) is 0 Å². The zero-order chi connectivity index (χ0) is 36.0. The van der Waals surface area contributed by atoms with Gasteiger partial charge in [0.25, 0.3) is 0 Å². The van der Waals surface area contributed by atoms with Crippen molar-refractivity contribution in [2.45, 2.75) is 0 Å². The predicted octanol–water partition coefficient (Wildman–Crippen LogP) is 15.5. The van der Waals surface area contributed by atoms with Gasteiger partial charge in [-0.1, -0.05) is 164 Å². The monoisotopic (exact) mass is 695 g/mol. The Kier molecular flexibility index (Phi) is 6.40. The number of fused-ring (bicyclic) bond motifs is 6. The fraction of sp³-hybridized carbons (Fsp3) is 0. The Bertz CT molecular complexity index is 3410. The normalized spacial score (nSPS) is 12.0. The van der Waals surface area contributed by atoms with E-state index >= 15 is 0 Å². The maximum atomic E-state index is 2.51. The summed E-state index contributed by atoms with van der Waals surface area (Å²) in [6, 6.07) is 74.3. The minimum Gasteiger partial charge on any atom is -0.309 e. The van der Waals surface area contributed by atoms with Gasteiger partial charge < -0.3 is 4.90 Å². The van der Waals surface area contributed by atoms with Crippen LogP contribution in [-0.2, 0) is 0 Å². The van der Waals surface area contributed by atoms with Gasteiger partial charge in [0, 0.05) is 16.2 Å². The van der Waals surface area contributed by atoms with Crippen LogP contribution in [-0.4, -0.2) is 0 Å². The molecular formula is C54H33N. The molecule has 12 aromatic carbocycles. The van der Waals surface area contributed by atoms with E-state index < -0.39 is 0 Å². The molecule has 0 saturated heterocycles. The van der Waals surface area contributed by atoms with E-state index in [1.807, 2.05) is 0 Å². The molecule has 0 aliphatic rings. The summed E-state index contributed by atoms with van der Waals surface area (Å²) in [6.07, 6.45) is 0. The molecule has 0 fully saturated rings. The van der Waals surface area contributed by atoms with Gasteiger partial charge in [-0.05, 0) is 118 Å². The van der Waals surface area contributed by atoms with Crippen LogP contribution in [0.1, 0.15) is 0 Å². The molecule has 0 heterocycles. The van der Waals surface area contributed by atoms with Crippen molar-refractivity contribution >= 4 is 103 Å². The maximum Gasteiger partial charge on any atom is 0.0547 e. The first-order valence-electron chi connectivity index (χ1n) is 19.1. The first-order chi connectivity index (χ1) is 27.3. The molecule has 0 amide bonds. The molecule has 12 rings (SSSR count). The van der Waals surface area contributed by atoms with Gasteiger partial charge >= 0.3 is 0 Å². The van der Waals surface area contributed by atoms with Crippen molar-refractivity contribution in [2.75, 3.05) is 4.90 Å². The van der Waals surface area contributed by atoms with E-state index in [0.717, 1.165) is 0 Å². The van der Waals surface area contributed by atoms with Gasteiger partial charge in [0.1, 0.15) is 0 Å². The summed E-state index contributed by atoms with van der Waals surface area (Å²) >= 11 is 0. The molecule has 0 atom stereocenters. The lowest BCUT2D eigenvalue weighted by Gasteiger charge is -2.30. The number of anilines is 3. The first-order valence-corrected chi connectivity index (χ1v) is 19.1. The molecule has 0 spiro atoms. The van der Waals surface area contributed by atoms with E-state index in [4.69, 9.17) is 0 Å². The average molecular weight is 696 g/mol. The lowest BCUT2D eigenvalue weighted by atomic mass is 9.86. The van der Waals surface area contributed by atoms with E-state index in [9.17, 15) is 0 Å². The molecule has 0 aliphatic heterocycles. The molecule has 0 unspecified atom stereocenters. The smallest absolute Gasteiger partial charge is 0.0547 e. The predicted molar refractivity (Wildman–Crippen MR) is 238 cm³/mol. The number of rotatable bonds is 4. The third-order valence-corrected chi connectivity index (χ3v) is 11.9. The lowest BCUT2D eigenvalue weighted by Crippen LogP contribution is -2.12. The molecule has 0 N–H and O–H groups in total. The Labute approximate surface area is 318 Å². The Morgan fingerprint density at radius 3 is 1.47 bits per heavy atom. The summed E-state index contributed by atoms with van der Waals surface area (Å²) in [7, 11) is 0. The van der Waals surface area contributed by atoms with Crippen LogP contribution in [0.2, 0.25) is 0 Å². The fourth-order valence-corrected chi connectivity index (χ4v) is 9.44. The van der Waals surface area contributed by atoms with Gasteiger partial charge in [-0.2, -0.15) is 0 Å². The summed E-state index contributed by atoms with van der Waals surface area (Å²) < 4.78 is 0. The molecule has 12 aromatic rings. The summed E-state index contributed by atoms with van der Waals surface area (Å²) in [5.74, 6) is 0. The topological polar surface area (TPSA) is 3.24 Å². The van der Waals surface area contributed by atoms with Crippen LogP contribution in [0, 0.1) is 0 Å². The first kappa shape index (κ1) is 30.3. The molecule has 0 saturated carbocycles. The Balaban J connectivity index is 1.17. The Hall–Kier alpha value is -7.22. The molecular weight excluding hydrogens is 663 g/mol. The highest BCUT2D eigenvalue weighted by atomic mass is 15.1. The minimum absolute atomic E-state index is 1.17. The van der Waals surface area contributed by atoms with Crippen LogP contribution in [0.25, 0.3) is 97.3 Å². The largest absolute Gasteiger partial charge is 0.309 e. The highest BCUT2D eigenvalue weighted by molar-refractivity contribution is 6.30. The van der Waals surface area contributed by atoms with Gasteiger partial charge in [0.05, 0.1) is 17.1 Å². The van der Waals surface area contributed by atoms with E-state index in [1.54, 1.807) is 0 Å². The second-order valence-electron chi connectivity index (χ2n) is 14.8. The van der Waals surface area contributed by atoms with Gasteiger partial charge in [-0.25, -0.2) is 0 Å². The van der Waals surface area contributed by atoms with Crippen molar-refractivity contribution in [1.29, 1.82) is 0 Å². The molecule has 0 bridgehead atoms. The van der Waals surface area contributed by atoms with E-state index in [2.05, 4.69) is 205 Å². The molecule has 0 radical (unpaired) electrons. The lowest BCUT2D eigenvalue weighted by molar-refractivity contribution is 1.33. The molecule has 1 nitrogen and oxygen atoms in total. The van der Waals surface area contributed by atoms with Crippen LogP contribution in [0.3, 0.4) is 0 Å². The summed E-state index contributed by atoms with van der Waals surface area (Å²) in [6.45, 7) is 0. The summed E-state index contributed by atoms with van der Waals surface area (Å²) in [5, 5.41) is 20.2. The number of benzene rings is 12. The molecule has 0 aliphatic carbocycles. The number of hydrogen-bond donors (Lipinski definition) is 0. The van der Waals surface area contributed by atoms with Crippen molar-refractivity contribution in [3.8, 4) is 11.1 Å². The number of nitrogens with zero attached hydrogens (tertiary/aromatic N) is 1. The quantitative estimate of drug-likeness (QED) is 0.131. The number of hydrogen-bond acceptors (Lipinski definition) is 1. The van der Waals surface area contributed by atoms with E-state index in [0.29, 0.717) is 0 Å². The standard InChI is InChI=1S/C54H33N/c1-2-15-38-31-48-40(30-37(38)14-1)32-49(44-22-8-7-21-43(44)48)45-28-27-39-33-52(47-23-9-18-36-26-29-46(45)54(39)53(36)47)55(50-24-10-16-34-12-3-5-19-41(34)50)51-25-11-17-35-13-4-6-20-42(35)51/h1-33H. The summed E-state index contributed by atoms with van der Waals surface area (Å²) in [5.41, 5.74) is 6.04. The Morgan fingerprint density at radius 2 is 0.745 bits per heavy atom. The second kappa shape index (κ2) is 11.6. The second-order valence-corrected chi connectivity index (χ2v) is 14.8. The third kappa shape index (κ3) is 4.48. The van der Waals surface area contributed by atoms with Crippen LogP contribution in [0.4, 0.5) is 17.1 Å². The summed E-state index contributed by atoms with van der Waals surface area (Å²) in [4.78, 5) is 2.51. The maximum absolute atomic E-state index is 2.51. The van der Waals surface area contributed by atoms with Crippen LogP contribution < -0.4 is 4.90 Å². The molecule has 55 heavy (non-hydrogen) atoms. The minimum atomic E-state index is 1.17. The highest BCUT2D eigenvalue weighted by Crippen LogP contribution is 2.49. The van der Waals surface area contributed by atoms with Gasteiger partial charge in [0.15, 0.2) is 0 Å². The molecule has 1 heteroatoms. The molecule has 0 aromatic heterocycles. The zero-order valence-electron chi connectivity index (χ0n) is 30.0. The van der Waals surface area contributed by atoms with Crippen molar-refractivity contribution in [2.24, 2.45) is 0 Å². The third-order valence-electron chi connectivity index (χ3n) is 11.9. The van der Waals surface area contributed by atoms with Crippen molar-refractivity contribution in [3.05, 3.63) is 200 Å². The van der Waals surface area contributed by atoms with E-state index in [-0.39, 0.29) is 0 Å². The molecule has 254 valence electrons. The van der Waals surface area contributed by atoms with Crippen molar-refractivity contribution in [3.63, 3.8) is 0 Å². The van der Waals surface area contributed by atoms with Crippen LogP contribution in [0.15, 0.2) is 200 Å². The zero-order valence-corrected chi connectivity index (χ0v) is 30.0. The van der Waals surface area contributed by atoms with Gasteiger partial charge in [0.2, 0.25) is 0 Å². The van der Waals surface area contributed by atoms with Crippen LogP contribution in [0.5, 0.6) is 0 Å². The fourth-order valence-electron chi connectivity index (χ4n) is 9.44. The Morgan fingerprint density at radius 1 is 0.218 bits per heavy atom. The van der Waals surface area contributed by atoms with Crippen LogP contribution >= 0.6 is 0 Å². The van der Waals surface area contributed by atoms with E-state index in [1.165, 1.54) is 114 Å². The van der Waals surface area contributed by atoms with Crippen molar-refractivity contribution < 1.29 is 0 Å². The van der Waals surface area contributed by atoms with Crippen molar-refractivity contribution in [1.82, 2.24) is 0 Å². The SMILES string of the molecule is c1ccc2cc3c(cc(-c4ccc5cc(N(c6cccc7ccccc67)c6cccc7ccccc67)c6cccc7ccc4c5c76)c4ccccc43)cc2c1.